The number of hydrogen-bond donors (Lipinski definition) is 1. The van der Waals surface area contributed by atoms with Crippen molar-refractivity contribution in [3.05, 3.63) is 11.6 Å². The predicted molar refractivity (Wildman–Crippen MR) is 71.2 cm³/mol. The Balaban J connectivity index is 2.39. The molecule has 1 aliphatic carbocycles. The molecule has 102 valence electrons. The Morgan fingerprint density at radius 3 is 2.44 bits per heavy atom. The van der Waals surface area contributed by atoms with Crippen LogP contribution < -0.4 is 0 Å². The van der Waals surface area contributed by atoms with Gasteiger partial charge in [0.1, 0.15) is 12.4 Å². The van der Waals surface area contributed by atoms with E-state index < -0.39 is 0 Å². The van der Waals surface area contributed by atoms with Crippen molar-refractivity contribution in [3.63, 3.8) is 0 Å². The van der Waals surface area contributed by atoms with E-state index in [0.29, 0.717) is 11.7 Å². The second-order valence-electron chi connectivity index (χ2n) is 5.93. The fraction of sp³-hybridized carbons (Fsp3) is 0.857. The smallest absolute Gasteiger partial charge is 0.158 e. The summed E-state index contributed by atoms with van der Waals surface area (Å²) in [6, 6.07) is 0. The number of hydrogen-bond acceptors (Lipinski definition) is 3. The van der Waals surface area contributed by atoms with Gasteiger partial charge in [0.25, 0.3) is 0 Å². The molecule has 4 nitrogen and oxygen atoms in total. The summed E-state index contributed by atoms with van der Waals surface area (Å²) in [5.74, 6) is 2.49. The molecule has 4 heteroatoms. The molecule has 1 saturated carbocycles. The average Bonchev–Trinajstić information content (AvgIpc) is 2.93. The van der Waals surface area contributed by atoms with Gasteiger partial charge >= 0.3 is 0 Å². The zero-order valence-electron chi connectivity index (χ0n) is 11.8. The third-order valence-electron chi connectivity index (χ3n) is 4.12. The van der Waals surface area contributed by atoms with Crippen LogP contribution in [0.1, 0.15) is 64.5 Å². The molecule has 1 heterocycles. The van der Waals surface area contributed by atoms with Crippen LogP contribution in [0.4, 0.5) is 0 Å². The first-order valence-corrected chi connectivity index (χ1v) is 7.16. The summed E-state index contributed by atoms with van der Waals surface area (Å²) in [5, 5.41) is 17.9. The fourth-order valence-corrected chi connectivity index (χ4v) is 3.53. The molecule has 18 heavy (non-hydrogen) atoms. The van der Waals surface area contributed by atoms with Crippen molar-refractivity contribution in [3.8, 4) is 0 Å². The van der Waals surface area contributed by atoms with E-state index in [2.05, 4.69) is 35.5 Å². The molecule has 1 N–H and O–H groups in total. The molecule has 1 aromatic rings. The van der Waals surface area contributed by atoms with E-state index in [1.54, 1.807) is 0 Å². The van der Waals surface area contributed by atoms with Gasteiger partial charge in [-0.15, -0.1) is 10.2 Å². The van der Waals surface area contributed by atoms with Crippen molar-refractivity contribution in [1.29, 1.82) is 0 Å². The number of aromatic nitrogens is 3. The lowest BCUT2D eigenvalue weighted by Crippen LogP contribution is -2.29. The highest BCUT2D eigenvalue weighted by atomic mass is 16.3. The Morgan fingerprint density at radius 2 is 1.94 bits per heavy atom. The van der Waals surface area contributed by atoms with Crippen LogP contribution in [-0.4, -0.2) is 19.9 Å². The maximum Gasteiger partial charge on any atom is 0.158 e. The van der Waals surface area contributed by atoms with E-state index in [-0.39, 0.29) is 12.0 Å². The summed E-state index contributed by atoms with van der Waals surface area (Å²) >= 11 is 0. The van der Waals surface area contributed by atoms with E-state index >= 15 is 0 Å². The highest BCUT2D eigenvalue weighted by molar-refractivity contribution is 5.13. The third-order valence-corrected chi connectivity index (χ3v) is 4.12. The maximum atomic E-state index is 9.35. The summed E-state index contributed by atoms with van der Waals surface area (Å²) in [6.07, 6.45) is 6.19. The number of nitrogens with zero attached hydrogens (tertiary/aromatic N) is 3. The molecule has 0 aliphatic heterocycles. The van der Waals surface area contributed by atoms with Crippen molar-refractivity contribution in [2.45, 2.75) is 71.4 Å². The third kappa shape index (κ3) is 2.30. The van der Waals surface area contributed by atoms with Crippen LogP contribution in [0, 0.1) is 5.92 Å². The topological polar surface area (TPSA) is 50.9 Å². The van der Waals surface area contributed by atoms with Gasteiger partial charge in [-0.25, -0.2) is 0 Å². The Hall–Kier alpha value is -0.900. The van der Waals surface area contributed by atoms with Crippen LogP contribution in [0.15, 0.2) is 0 Å². The van der Waals surface area contributed by atoms with Crippen molar-refractivity contribution in [1.82, 2.24) is 14.8 Å². The summed E-state index contributed by atoms with van der Waals surface area (Å²) in [7, 11) is 0. The van der Waals surface area contributed by atoms with Gasteiger partial charge in [0, 0.05) is 12.0 Å². The molecule has 0 atom stereocenters. The Morgan fingerprint density at radius 1 is 1.28 bits per heavy atom. The van der Waals surface area contributed by atoms with E-state index in [9.17, 15) is 5.11 Å². The molecule has 1 fully saturated rings. The van der Waals surface area contributed by atoms with Gasteiger partial charge in [0.15, 0.2) is 5.82 Å². The second-order valence-corrected chi connectivity index (χ2v) is 5.93. The largest absolute Gasteiger partial charge is 0.388 e. The fourth-order valence-electron chi connectivity index (χ4n) is 3.53. The highest BCUT2D eigenvalue weighted by Crippen LogP contribution is 2.44. The minimum atomic E-state index is -0.0153. The van der Waals surface area contributed by atoms with Crippen molar-refractivity contribution in [2.24, 2.45) is 5.92 Å². The highest BCUT2D eigenvalue weighted by Gasteiger charge is 2.40. The van der Waals surface area contributed by atoms with Gasteiger partial charge < -0.3 is 9.67 Å². The lowest BCUT2D eigenvalue weighted by atomic mass is 9.77. The normalized spacial score (nSPS) is 18.7. The Bertz CT molecular complexity index is 392. The first kappa shape index (κ1) is 13.5. The van der Waals surface area contributed by atoms with Crippen molar-refractivity contribution in [2.75, 3.05) is 0 Å². The summed E-state index contributed by atoms with van der Waals surface area (Å²) in [6.45, 7) is 7.49. The monoisotopic (exact) mass is 251 g/mol. The van der Waals surface area contributed by atoms with E-state index in [4.69, 9.17) is 0 Å². The molecular weight excluding hydrogens is 226 g/mol. The van der Waals surface area contributed by atoms with Crippen LogP contribution in [0.3, 0.4) is 0 Å². The molecule has 0 aromatic carbocycles. The van der Waals surface area contributed by atoms with Gasteiger partial charge in [-0.05, 0) is 32.1 Å². The van der Waals surface area contributed by atoms with Crippen molar-refractivity contribution < 1.29 is 5.11 Å². The van der Waals surface area contributed by atoms with Crippen LogP contribution in [0.5, 0.6) is 0 Å². The molecule has 2 rings (SSSR count). The molecule has 0 bridgehead atoms. The standard InChI is InChI=1S/C14H25N3O/c1-4-17-12(10-18)15-16-13(17)14(9-11(2)3)7-5-6-8-14/h11,18H,4-10H2,1-3H3. The van der Waals surface area contributed by atoms with Gasteiger partial charge in [0.2, 0.25) is 0 Å². The van der Waals surface area contributed by atoms with Gasteiger partial charge in [-0.3, -0.25) is 0 Å². The second kappa shape index (κ2) is 5.39. The minimum Gasteiger partial charge on any atom is -0.388 e. The van der Waals surface area contributed by atoms with Crippen LogP contribution in [-0.2, 0) is 18.6 Å². The van der Waals surface area contributed by atoms with Crippen molar-refractivity contribution >= 4 is 0 Å². The molecule has 0 radical (unpaired) electrons. The quantitative estimate of drug-likeness (QED) is 0.875. The number of rotatable bonds is 5. The Kier molecular flexibility index (Phi) is 4.05. The first-order valence-electron chi connectivity index (χ1n) is 7.16. The minimum absolute atomic E-state index is 0.0153. The van der Waals surface area contributed by atoms with Gasteiger partial charge in [0.05, 0.1) is 0 Å². The molecule has 1 aliphatic rings. The molecular formula is C14H25N3O. The van der Waals surface area contributed by atoms with E-state index in [0.717, 1.165) is 12.4 Å². The average molecular weight is 251 g/mol. The molecule has 0 amide bonds. The Labute approximate surface area is 109 Å². The predicted octanol–water partition coefficient (Wildman–Crippen LogP) is 2.65. The molecule has 0 spiro atoms. The summed E-state index contributed by atoms with van der Waals surface area (Å²) in [4.78, 5) is 0. The van der Waals surface area contributed by atoms with Crippen LogP contribution in [0.25, 0.3) is 0 Å². The van der Waals surface area contributed by atoms with Gasteiger partial charge in [-0.2, -0.15) is 0 Å². The first-order chi connectivity index (χ1) is 8.63. The number of aliphatic hydroxyl groups excluding tert-OH is 1. The molecule has 0 unspecified atom stereocenters. The zero-order valence-corrected chi connectivity index (χ0v) is 11.8. The summed E-state index contributed by atoms with van der Waals surface area (Å²) < 4.78 is 2.12. The van der Waals surface area contributed by atoms with E-state index in [1.165, 1.54) is 32.1 Å². The number of aliphatic hydroxyl groups is 1. The SMILES string of the molecule is CCn1c(CO)nnc1C1(CC(C)C)CCCC1. The van der Waals surface area contributed by atoms with Crippen LogP contribution in [0.2, 0.25) is 0 Å². The molecule has 1 aromatic heterocycles. The summed E-state index contributed by atoms with van der Waals surface area (Å²) in [5.41, 5.74) is 0.199. The lowest BCUT2D eigenvalue weighted by Gasteiger charge is -2.30. The lowest BCUT2D eigenvalue weighted by molar-refractivity contribution is 0.261. The zero-order chi connectivity index (χ0) is 13.2. The van der Waals surface area contributed by atoms with Crippen LogP contribution >= 0.6 is 0 Å². The maximum absolute atomic E-state index is 9.35. The van der Waals surface area contributed by atoms with E-state index in [1.807, 2.05) is 0 Å². The molecule has 0 saturated heterocycles. The van der Waals surface area contributed by atoms with Gasteiger partial charge in [-0.1, -0.05) is 26.7 Å².